The highest BCUT2D eigenvalue weighted by molar-refractivity contribution is 7.73. The van der Waals surface area contributed by atoms with Gasteiger partial charge in [0, 0.05) is 0 Å². The van der Waals surface area contributed by atoms with Crippen LogP contribution in [0.25, 0.3) is 0 Å². The maximum absolute atomic E-state index is 9.97. The zero-order valence-electron chi connectivity index (χ0n) is 14.2. The van der Waals surface area contributed by atoms with Gasteiger partial charge in [0.05, 0.1) is 0 Å². The van der Waals surface area contributed by atoms with Crippen LogP contribution >= 0.6 is 7.92 Å². The average molecular weight is 334 g/mol. The summed E-state index contributed by atoms with van der Waals surface area (Å²) in [6.07, 6.45) is 2.14. The molecule has 2 heteroatoms. The minimum absolute atomic E-state index is 0.364. The van der Waals surface area contributed by atoms with E-state index in [1.807, 2.05) is 13.8 Å². The van der Waals surface area contributed by atoms with Crippen molar-refractivity contribution in [3.63, 3.8) is 0 Å². The van der Waals surface area contributed by atoms with Gasteiger partial charge in [-0.25, -0.2) is 0 Å². The standard InChI is InChI=1S/C22H23OP/c1-17-15-19(16-18(2)22(17)23)13-14-24(20-9-5-3-6-10-20)21-11-7-4-8-12-21/h3-12,15-16,23H,13-14H2,1-2H3. The van der Waals surface area contributed by atoms with Crippen LogP contribution in [-0.4, -0.2) is 11.3 Å². The lowest BCUT2D eigenvalue weighted by molar-refractivity contribution is 0.466. The molecule has 0 unspecified atom stereocenters. The molecule has 0 aromatic heterocycles. The number of hydrogen-bond donors (Lipinski definition) is 1. The molecule has 0 saturated carbocycles. The van der Waals surface area contributed by atoms with Crippen molar-refractivity contribution in [1.29, 1.82) is 0 Å². The van der Waals surface area contributed by atoms with E-state index in [0.29, 0.717) is 5.75 Å². The molecule has 0 aliphatic carbocycles. The molecule has 0 atom stereocenters. The van der Waals surface area contributed by atoms with Gasteiger partial charge in [0.1, 0.15) is 5.75 Å². The summed E-state index contributed by atoms with van der Waals surface area (Å²) in [5.41, 5.74) is 3.24. The van der Waals surface area contributed by atoms with Crippen LogP contribution in [0.4, 0.5) is 0 Å². The molecule has 0 aliphatic rings. The fourth-order valence-corrected chi connectivity index (χ4v) is 5.41. The van der Waals surface area contributed by atoms with Crippen LogP contribution in [0.15, 0.2) is 72.8 Å². The minimum atomic E-state index is -0.364. The van der Waals surface area contributed by atoms with Crippen LogP contribution in [0, 0.1) is 13.8 Å². The summed E-state index contributed by atoms with van der Waals surface area (Å²) in [6.45, 7) is 3.95. The van der Waals surface area contributed by atoms with Crippen molar-refractivity contribution in [2.24, 2.45) is 0 Å². The van der Waals surface area contributed by atoms with Crippen LogP contribution in [0.5, 0.6) is 5.75 Å². The van der Waals surface area contributed by atoms with E-state index in [4.69, 9.17) is 0 Å². The number of aromatic hydroxyl groups is 1. The monoisotopic (exact) mass is 334 g/mol. The summed E-state index contributed by atoms with van der Waals surface area (Å²) in [4.78, 5) is 0. The highest BCUT2D eigenvalue weighted by Gasteiger charge is 2.14. The van der Waals surface area contributed by atoms with Crippen LogP contribution in [0.3, 0.4) is 0 Å². The zero-order chi connectivity index (χ0) is 16.9. The van der Waals surface area contributed by atoms with Gasteiger partial charge < -0.3 is 5.11 Å². The SMILES string of the molecule is Cc1cc(CCP(c2ccccc2)c2ccccc2)cc(C)c1O. The molecule has 3 rings (SSSR count). The average Bonchev–Trinajstić information content (AvgIpc) is 2.61. The smallest absolute Gasteiger partial charge is 0.121 e. The molecular weight excluding hydrogens is 311 g/mol. The minimum Gasteiger partial charge on any atom is -0.507 e. The van der Waals surface area contributed by atoms with Gasteiger partial charge in [-0.05, 0) is 61.7 Å². The molecule has 1 nitrogen and oxygen atoms in total. The molecule has 0 amide bonds. The predicted molar refractivity (Wildman–Crippen MR) is 105 cm³/mol. The van der Waals surface area contributed by atoms with Gasteiger partial charge in [-0.15, -0.1) is 0 Å². The fraction of sp³-hybridized carbons (Fsp3) is 0.182. The van der Waals surface area contributed by atoms with E-state index in [2.05, 4.69) is 72.8 Å². The van der Waals surface area contributed by atoms with Crippen molar-refractivity contribution < 1.29 is 5.11 Å². The largest absolute Gasteiger partial charge is 0.507 e. The topological polar surface area (TPSA) is 20.2 Å². The number of phenolic OH excluding ortho intramolecular Hbond substituents is 1. The number of aryl methyl sites for hydroxylation is 3. The number of phenols is 1. The normalized spacial score (nSPS) is 11.0. The molecule has 24 heavy (non-hydrogen) atoms. The maximum Gasteiger partial charge on any atom is 0.121 e. The Hall–Kier alpha value is -2.11. The molecule has 0 spiro atoms. The Morgan fingerprint density at radius 2 is 1.21 bits per heavy atom. The Balaban J connectivity index is 1.85. The van der Waals surface area contributed by atoms with Gasteiger partial charge in [0.25, 0.3) is 0 Å². The molecule has 0 heterocycles. The van der Waals surface area contributed by atoms with Crippen molar-refractivity contribution in [2.75, 3.05) is 6.16 Å². The molecule has 0 bridgehead atoms. The van der Waals surface area contributed by atoms with Gasteiger partial charge in [0.2, 0.25) is 0 Å². The maximum atomic E-state index is 9.97. The van der Waals surface area contributed by atoms with E-state index < -0.39 is 0 Å². The molecular formula is C22H23OP. The summed E-state index contributed by atoms with van der Waals surface area (Å²) in [7, 11) is -0.364. The van der Waals surface area contributed by atoms with E-state index >= 15 is 0 Å². The van der Waals surface area contributed by atoms with E-state index in [1.165, 1.54) is 16.2 Å². The van der Waals surface area contributed by atoms with E-state index in [-0.39, 0.29) is 7.92 Å². The molecule has 0 saturated heterocycles. The van der Waals surface area contributed by atoms with E-state index in [0.717, 1.165) is 23.7 Å². The highest BCUT2D eigenvalue weighted by Crippen LogP contribution is 2.34. The van der Waals surface area contributed by atoms with Crippen molar-refractivity contribution in [2.45, 2.75) is 20.3 Å². The molecule has 0 fully saturated rings. The summed E-state index contributed by atoms with van der Waals surface area (Å²) >= 11 is 0. The Kier molecular flexibility index (Phi) is 5.33. The second kappa shape index (κ2) is 7.64. The third-order valence-corrected chi connectivity index (χ3v) is 6.82. The van der Waals surface area contributed by atoms with Crippen LogP contribution in [0.1, 0.15) is 16.7 Å². The molecule has 3 aromatic carbocycles. The van der Waals surface area contributed by atoms with E-state index in [1.54, 1.807) is 0 Å². The first kappa shape index (κ1) is 16.7. The first-order valence-corrected chi connectivity index (χ1v) is 9.84. The van der Waals surface area contributed by atoms with Crippen LogP contribution in [0.2, 0.25) is 0 Å². The number of rotatable bonds is 5. The number of benzene rings is 3. The molecule has 0 radical (unpaired) electrons. The zero-order valence-corrected chi connectivity index (χ0v) is 15.1. The molecule has 3 aromatic rings. The van der Waals surface area contributed by atoms with Crippen LogP contribution < -0.4 is 10.6 Å². The van der Waals surface area contributed by atoms with Crippen LogP contribution in [-0.2, 0) is 6.42 Å². The predicted octanol–water partition coefficient (Wildman–Crippen LogP) is 4.68. The van der Waals surface area contributed by atoms with Gasteiger partial charge >= 0.3 is 0 Å². The molecule has 1 N–H and O–H groups in total. The second-order valence-electron chi connectivity index (χ2n) is 6.15. The van der Waals surface area contributed by atoms with Gasteiger partial charge in [0.15, 0.2) is 0 Å². The van der Waals surface area contributed by atoms with Gasteiger partial charge in [-0.2, -0.15) is 0 Å². The fourth-order valence-electron chi connectivity index (χ4n) is 3.05. The first-order chi connectivity index (χ1) is 11.6. The van der Waals surface area contributed by atoms with Crippen molar-refractivity contribution in [3.8, 4) is 5.75 Å². The Morgan fingerprint density at radius 3 is 1.67 bits per heavy atom. The van der Waals surface area contributed by atoms with Gasteiger partial charge in [-0.1, -0.05) is 72.8 Å². The lowest BCUT2D eigenvalue weighted by atomic mass is 10.0. The van der Waals surface area contributed by atoms with Crippen molar-refractivity contribution in [3.05, 3.63) is 89.5 Å². The first-order valence-electron chi connectivity index (χ1n) is 8.32. The quantitative estimate of drug-likeness (QED) is 0.672. The summed E-state index contributed by atoms with van der Waals surface area (Å²) in [6, 6.07) is 25.9. The van der Waals surface area contributed by atoms with Crippen molar-refractivity contribution in [1.82, 2.24) is 0 Å². The third kappa shape index (κ3) is 3.86. The molecule has 0 aliphatic heterocycles. The van der Waals surface area contributed by atoms with Gasteiger partial charge in [-0.3, -0.25) is 0 Å². The Labute approximate surface area is 145 Å². The summed E-state index contributed by atoms with van der Waals surface area (Å²) in [5.74, 6) is 0.423. The third-order valence-electron chi connectivity index (χ3n) is 4.31. The second-order valence-corrected chi connectivity index (χ2v) is 8.49. The highest BCUT2D eigenvalue weighted by atomic mass is 31.1. The summed E-state index contributed by atoms with van der Waals surface area (Å²) in [5, 5.41) is 12.8. The van der Waals surface area contributed by atoms with Crippen molar-refractivity contribution >= 4 is 18.5 Å². The number of hydrogen-bond acceptors (Lipinski definition) is 1. The summed E-state index contributed by atoms with van der Waals surface area (Å²) < 4.78 is 0. The Morgan fingerprint density at radius 1 is 0.750 bits per heavy atom. The Bertz CT molecular complexity index is 734. The van der Waals surface area contributed by atoms with E-state index in [9.17, 15) is 5.11 Å². The molecule has 122 valence electrons. The lowest BCUT2D eigenvalue weighted by Crippen LogP contribution is -2.14. The lowest BCUT2D eigenvalue weighted by Gasteiger charge is -2.19.